The minimum atomic E-state index is -0.0592. The van der Waals surface area contributed by atoms with Crippen LogP contribution in [0.4, 0.5) is 0 Å². The SMILES string of the molecule is CC(C)Cc1ccc(/C=C\C(=O)NCCc2c[nH]c3ccccc23)cc1. The van der Waals surface area contributed by atoms with Crippen LogP contribution in [-0.4, -0.2) is 17.4 Å². The Morgan fingerprint density at radius 2 is 1.88 bits per heavy atom. The second-order valence-corrected chi connectivity index (χ2v) is 7.07. The summed E-state index contributed by atoms with van der Waals surface area (Å²) in [6.45, 7) is 5.06. The van der Waals surface area contributed by atoms with E-state index in [2.05, 4.69) is 60.5 Å². The summed E-state index contributed by atoms with van der Waals surface area (Å²) in [5.74, 6) is 0.593. The molecule has 1 amide bonds. The molecule has 0 unspecified atom stereocenters. The van der Waals surface area contributed by atoms with Gasteiger partial charge in [0, 0.05) is 29.7 Å². The number of aromatic amines is 1. The molecular weight excluding hydrogens is 320 g/mol. The number of hydrogen-bond acceptors (Lipinski definition) is 1. The molecule has 3 aromatic rings. The van der Waals surface area contributed by atoms with E-state index >= 15 is 0 Å². The summed E-state index contributed by atoms with van der Waals surface area (Å²) in [6, 6.07) is 16.6. The first-order chi connectivity index (χ1) is 12.6. The number of nitrogens with one attached hydrogen (secondary N) is 2. The Kier molecular flexibility index (Phi) is 5.90. The van der Waals surface area contributed by atoms with Crippen LogP contribution < -0.4 is 5.32 Å². The molecule has 1 heterocycles. The number of benzene rings is 2. The molecule has 26 heavy (non-hydrogen) atoms. The predicted octanol–water partition coefficient (Wildman–Crippen LogP) is 4.74. The molecule has 0 atom stereocenters. The van der Waals surface area contributed by atoms with E-state index in [0.29, 0.717) is 12.5 Å². The van der Waals surface area contributed by atoms with Crippen molar-refractivity contribution in [2.45, 2.75) is 26.7 Å². The van der Waals surface area contributed by atoms with Gasteiger partial charge in [0.05, 0.1) is 0 Å². The molecular formula is C23H26N2O. The van der Waals surface area contributed by atoms with Gasteiger partial charge in [-0.2, -0.15) is 0 Å². The van der Waals surface area contributed by atoms with E-state index in [1.807, 2.05) is 24.4 Å². The van der Waals surface area contributed by atoms with E-state index in [4.69, 9.17) is 0 Å². The highest BCUT2D eigenvalue weighted by atomic mass is 16.1. The summed E-state index contributed by atoms with van der Waals surface area (Å²) in [6.07, 6.45) is 7.38. The van der Waals surface area contributed by atoms with Crippen molar-refractivity contribution in [3.63, 3.8) is 0 Å². The smallest absolute Gasteiger partial charge is 0.244 e. The number of fused-ring (bicyclic) bond motifs is 1. The van der Waals surface area contributed by atoms with Crippen LogP contribution >= 0.6 is 0 Å². The third kappa shape index (κ3) is 4.85. The van der Waals surface area contributed by atoms with Gasteiger partial charge in [0.1, 0.15) is 0 Å². The summed E-state index contributed by atoms with van der Waals surface area (Å²) in [5.41, 5.74) is 4.74. The third-order valence-corrected chi connectivity index (χ3v) is 4.42. The van der Waals surface area contributed by atoms with E-state index < -0.39 is 0 Å². The third-order valence-electron chi connectivity index (χ3n) is 4.42. The molecule has 0 bridgehead atoms. The maximum atomic E-state index is 12.0. The number of hydrogen-bond donors (Lipinski definition) is 2. The summed E-state index contributed by atoms with van der Waals surface area (Å²) in [7, 11) is 0. The summed E-state index contributed by atoms with van der Waals surface area (Å²) < 4.78 is 0. The Morgan fingerprint density at radius 3 is 2.65 bits per heavy atom. The monoisotopic (exact) mass is 346 g/mol. The van der Waals surface area contributed by atoms with Gasteiger partial charge in [-0.05, 0) is 47.6 Å². The molecule has 2 aromatic carbocycles. The number of para-hydroxylation sites is 1. The van der Waals surface area contributed by atoms with Crippen molar-refractivity contribution in [2.24, 2.45) is 5.92 Å². The fourth-order valence-corrected chi connectivity index (χ4v) is 3.13. The molecule has 134 valence electrons. The van der Waals surface area contributed by atoms with Crippen LogP contribution in [0.2, 0.25) is 0 Å². The molecule has 2 N–H and O–H groups in total. The highest BCUT2D eigenvalue weighted by Crippen LogP contribution is 2.17. The van der Waals surface area contributed by atoms with Crippen molar-refractivity contribution in [1.29, 1.82) is 0 Å². The van der Waals surface area contributed by atoms with Gasteiger partial charge in [-0.25, -0.2) is 0 Å². The fraction of sp³-hybridized carbons (Fsp3) is 0.261. The number of carbonyl (C=O) groups excluding carboxylic acids is 1. The van der Waals surface area contributed by atoms with Crippen molar-refractivity contribution < 1.29 is 4.79 Å². The van der Waals surface area contributed by atoms with Crippen LogP contribution in [0.5, 0.6) is 0 Å². The van der Waals surface area contributed by atoms with E-state index in [1.54, 1.807) is 6.08 Å². The van der Waals surface area contributed by atoms with Gasteiger partial charge in [-0.1, -0.05) is 56.3 Å². The van der Waals surface area contributed by atoms with Gasteiger partial charge in [0.2, 0.25) is 5.91 Å². The topological polar surface area (TPSA) is 44.9 Å². The number of rotatable bonds is 7. The van der Waals surface area contributed by atoms with Crippen LogP contribution in [0, 0.1) is 5.92 Å². The molecule has 3 nitrogen and oxygen atoms in total. The number of aromatic nitrogens is 1. The van der Waals surface area contributed by atoms with Crippen LogP contribution in [0.3, 0.4) is 0 Å². The average Bonchev–Trinajstić information content (AvgIpc) is 3.04. The molecule has 0 aliphatic heterocycles. The number of amides is 1. The lowest BCUT2D eigenvalue weighted by Crippen LogP contribution is -2.23. The fourth-order valence-electron chi connectivity index (χ4n) is 3.13. The molecule has 0 aliphatic rings. The van der Waals surface area contributed by atoms with E-state index in [-0.39, 0.29) is 5.91 Å². The minimum Gasteiger partial charge on any atom is -0.361 e. The van der Waals surface area contributed by atoms with Crippen LogP contribution in [0.15, 0.2) is 60.8 Å². The van der Waals surface area contributed by atoms with E-state index in [0.717, 1.165) is 23.9 Å². The van der Waals surface area contributed by atoms with Gasteiger partial charge in [-0.3, -0.25) is 4.79 Å². The molecule has 0 saturated heterocycles. The quantitative estimate of drug-likeness (QED) is 0.596. The predicted molar refractivity (Wildman–Crippen MR) is 109 cm³/mol. The normalized spacial score (nSPS) is 11.5. The van der Waals surface area contributed by atoms with Crippen LogP contribution in [-0.2, 0) is 17.6 Å². The molecule has 0 spiro atoms. The Hall–Kier alpha value is -2.81. The second-order valence-electron chi connectivity index (χ2n) is 7.07. The van der Waals surface area contributed by atoms with Gasteiger partial charge < -0.3 is 10.3 Å². The van der Waals surface area contributed by atoms with E-state index in [9.17, 15) is 4.79 Å². The highest BCUT2D eigenvalue weighted by Gasteiger charge is 2.03. The lowest BCUT2D eigenvalue weighted by molar-refractivity contribution is -0.116. The van der Waals surface area contributed by atoms with Gasteiger partial charge in [0.15, 0.2) is 0 Å². The first-order valence-corrected chi connectivity index (χ1v) is 9.21. The zero-order chi connectivity index (χ0) is 18.4. The highest BCUT2D eigenvalue weighted by molar-refractivity contribution is 5.91. The zero-order valence-corrected chi connectivity index (χ0v) is 15.5. The molecule has 0 radical (unpaired) electrons. The molecule has 0 saturated carbocycles. The molecule has 3 heteroatoms. The van der Waals surface area contributed by atoms with Crippen molar-refractivity contribution in [3.05, 3.63) is 77.5 Å². The summed E-state index contributed by atoms with van der Waals surface area (Å²) in [5, 5.41) is 4.17. The molecule has 0 fully saturated rings. The largest absolute Gasteiger partial charge is 0.361 e. The standard InChI is InChI=1S/C23H26N2O/c1-17(2)15-19-9-7-18(8-10-19)11-12-23(26)24-14-13-20-16-25-22-6-4-3-5-21(20)22/h3-12,16-17,25H,13-15H2,1-2H3,(H,24,26)/b12-11-. The lowest BCUT2D eigenvalue weighted by Gasteiger charge is -2.05. The van der Waals surface area contributed by atoms with Gasteiger partial charge >= 0.3 is 0 Å². The van der Waals surface area contributed by atoms with Gasteiger partial charge in [-0.15, -0.1) is 0 Å². The first-order valence-electron chi connectivity index (χ1n) is 9.21. The van der Waals surface area contributed by atoms with Crippen molar-refractivity contribution in [2.75, 3.05) is 6.54 Å². The van der Waals surface area contributed by atoms with E-state index in [1.165, 1.54) is 16.5 Å². The summed E-state index contributed by atoms with van der Waals surface area (Å²) in [4.78, 5) is 15.3. The Bertz CT molecular complexity index is 888. The Labute approximate surface area is 155 Å². The first kappa shape index (κ1) is 18.0. The van der Waals surface area contributed by atoms with Crippen LogP contribution in [0.1, 0.15) is 30.5 Å². The average molecular weight is 346 g/mol. The minimum absolute atomic E-state index is 0.0592. The molecule has 3 rings (SSSR count). The Balaban J connectivity index is 1.48. The maximum absolute atomic E-state index is 12.0. The zero-order valence-electron chi connectivity index (χ0n) is 15.5. The molecule has 1 aromatic heterocycles. The van der Waals surface area contributed by atoms with Crippen LogP contribution in [0.25, 0.3) is 17.0 Å². The second kappa shape index (κ2) is 8.52. The van der Waals surface area contributed by atoms with Crippen molar-refractivity contribution in [3.8, 4) is 0 Å². The Morgan fingerprint density at radius 1 is 1.12 bits per heavy atom. The number of carbonyl (C=O) groups is 1. The van der Waals surface area contributed by atoms with Crippen molar-refractivity contribution >= 4 is 22.9 Å². The lowest BCUT2D eigenvalue weighted by atomic mass is 10.0. The summed E-state index contributed by atoms with van der Waals surface area (Å²) >= 11 is 0. The van der Waals surface area contributed by atoms with Gasteiger partial charge in [0.25, 0.3) is 0 Å². The molecule has 0 aliphatic carbocycles. The van der Waals surface area contributed by atoms with Crippen molar-refractivity contribution in [1.82, 2.24) is 10.3 Å². The maximum Gasteiger partial charge on any atom is 0.244 e. The number of H-pyrrole nitrogens is 1.